The largest absolute Gasteiger partial charge is 0.375 e. The lowest BCUT2D eigenvalue weighted by Gasteiger charge is -2.34. The Kier molecular flexibility index (Phi) is 6.50. The molecular weight excluding hydrogens is 421 g/mol. The van der Waals surface area contributed by atoms with Crippen molar-refractivity contribution in [3.8, 4) is 0 Å². The van der Waals surface area contributed by atoms with Crippen LogP contribution < -0.4 is 5.32 Å². The van der Waals surface area contributed by atoms with E-state index in [9.17, 15) is 13.2 Å². The first-order valence-electron chi connectivity index (χ1n) is 8.81. The Morgan fingerprint density at radius 1 is 1.04 bits per heavy atom. The zero-order chi connectivity index (χ0) is 20.3. The minimum Gasteiger partial charge on any atom is -0.375 e. The number of benzene rings is 2. The average Bonchev–Trinajstić information content (AvgIpc) is 2.69. The number of amides is 1. The van der Waals surface area contributed by atoms with Crippen LogP contribution in [0.3, 0.4) is 0 Å². The highest BCUT2D eigenvalue weighted by Crippen LogP contribution is 2.29. The zero-order valence-corrected chi connectivity index (χ0v) is 17.7. The quantitative estimate of drug-likeness (QED) is 0.772. The number of nitrogens with one attached hydrogen (secondary N) is 1. The summed E-state index contributed by atoms with van der Waals surface area (Å²) in [6.45, 7) is 3.18. The molecule has 0 saturated carbocycles. The molecule has 0 spiro atoms. The number of aryl methyl sites for hydroxylation is 1. The molecule has 1 heterocycles. The van der Waals surface area contributed by atoms with Crippen LogP contribution in [0.15, 0.2) is 47.4 Å². The number of hydrogen-bond donors (Lipinski definition) is 1. The van der Waals surface area contributed by atoms with Crippen molar-refractivity contribution in [2.24, 2.45) is 0 Å². The summed E-state index contributed by atoms with van der Waals surface area (Å²) in [6, 6.07) is 11.9. The second kappa shape index (κ2) is 8.69. The second-order valence-electron chi connectivity index (χ2n) is 6.55. The fraction of sp³-hybridized carbons (Fsp3) is 0.316. The van der Waals surface area contributed by atoms with Crippen molar-refractivity contribution in [3.05, 3.63) is 58.1 Å². The smallest absolute Gasteiger partial charge is 0.243 e. The van der Waals surface area contributed by atoms with Gasteiger partial charge in [-0.1, -0.05) is 47.0 Å². The minimum absolute atomic E-state index is 0.0603. The Hall–Kier alpha value is -1.80. The molecule has 0 aliphatic carbocycles. The summed E-state index contributed by atoms with van der Waals surface area (Å²) in [5, 5.41) is 3.76. The highest BCUT2D eigenvalue weighted by Gasteiger charge is 2.29. The van der Waals surface area contributed by atoms with Crippen molar-refractivity contribution in [2.75, 3.05) is 38.0 Å². The first-order chi connectivity index (χ1) is 13.3. The van der Waals surface area contributed by atoms with Crippen LogP contribution in [0.2, 0.25) is 10.0 Å². The lowest BCUT2D eigenvalue weighted by molar-refractivity contribution is -0.130. The van der Waals surface area contributed by atoms with E-state index in [1.807, 2.05) is 6.92 Å². The maximum atomic E-state index is 12.7. The molecule has 28 heavy (non-hydrogen) atoms. The van der Waals surface area contributed by atoms with Gasteiger partial charge >= 0.3 is 0 Å². The number of carbonyl (C=O) groups is 1. The molecule has 0 radical (unpaired) electrons. The van der Waals surface area contributed by atoms with Crippen molar-refractivity contribution >= 4 is 44.8 Å². The van der Waals surface area contributed by atoms with Gasteiger partial charge in [0.1, 0.15) is 0 Å². The monoisotopic (exact) mass is 441 g/mol. The third kappa shape index (κ3) is 4.60. The fourth-order valence-corrected chi connectivity index (χ4v) is 4.75. The lowest BCUT2D eigenvalue weighted by Crippen LogP contribution is -2.51. The molecule has 1 aliphatic rings. The number of halogens is 2. The van der Waals surface area contributed by atoms with Crippen molar-refractivity contribution in [2.45, 2.75) is 11.8 Å². The Bertz CT molecular complexity index is 957. The highest BCUT2D eigenvalue weighted by atomic mass is 35.5. The zero-order valence-electron chi connectivity index (χ0n) is 15.4. The first kappa shape index (κ1) is 20.9. The van der Waals surface area contributed by atoms with Gasteiger partial charge in [0, 0.05) is 26.2 Å². The third-order valence-electron chi connectivity index (χ3n) is 4.63. The summed E-state index contributed by atoms with van der Waals surface area (Å²) in [7, 11) is -3.55. The van der Waals surface area contributed by atoms with Crippen LogP contribution in [0.5, 0.6) is 0 Å². The van der Waals surface area contributed by atoms with Crippen LogP contribution in [0.25, 0.3) is 0 Å². The number of piperazine rings is 1. The van der Waals surface area contributed by atoms with E-state index in [-0.39, 0.29) is 30.4 Å². The number of hydrogen-bond acceptors (Lipinski definition) is 4. The molecule has 1 N–H and O–H groups in total. The van der Waals surface area contributed by atoms with E-state index in [0.29, 0.717) is 28.8 Å². The molecule has 6 nitrogen and oxygen atoms in total. The third-order valence-corrected chi connectivity index (χ3v) is 7.36. The molecular formula is C19H21Cl2N3O3S. The van der Waals surface area contributed by atoms with E-state index in [0.717, 1.165) is 5.56 Å². The van der Waals surface area contributed by atoms with Gasteiger partial charge in [-0.3, -0.25) is 4.79 Å². The number of carbonyl (C=O) groups excluding carboxylic acids is 1. The molecule has 1 aliphatic heterocycles. The summed E-state index contributed by atoms with van der Waals surface area (Å²) < 4.78 is 26.9. The van der Waals surface area contributed by atoms with Gasteiger partial charge in [-0.05, 0) is 31.2 Å². The Labute approximate surface area is 175 Å². The fourth-order valence-electron chi connectivity index (χ4n) is 2.96. The number of nitrogens with zero attached hydrogens (tertiary/aromatic N) is 2. The van der Waals surface area contributed by atoms with Gasteiger partial charge in [-0.2, -0.15) is 4.31 Å². The van der Waals surface area contributed by atoms with Crippen LogP contribution in [0, 0.1) is 6.92 Å². The maximum Gasteiger partial charge on any atom is 0.243 e. The maximum absolute atomic E-state index is 12.7. The van der Waals surface area contributed by atoms with Gasteiger partial charge in [0.15, 0.2) is 0 Å². The minimum atomic E-state index is -3.55. The van der Waals surface area contributed by atoms with E-state index in [4.69, 9.17) is 23.2 Å². The van der Waals surface area contributed by atoms with Crippen LogP contribution >= 0.6 is 23.2 Å². The number of sulfonamides is 1. The first-order valence-corrected chi connectivity index (χ1v) is 11.0. The summed E-state index contributed by atoms with van der Waals surface area (Å²) >= 11 is 12.1. The predicted molar refractivity (Wildman–Crippen MR) is 111 cm³/mol. The van der Waals surface area contributed by atoms with E-state index in [1.54, 1.807) is 47.4 Å². The van der Waals surface area contributed by atoms with E-state index in [1.165, 1.54) is 4.31 Å². The van der Waals surface area contributed by atoms with Crippen LogP contribution in [-0.4, -0.2) is 56.3 Å². The van der Waals surface area contributed by atoms with Crippen LogP contribution in [0.1, 0.15) is 5.56 Å². The van der Waals surface area contributed by atoms with Gasteiger partial charge in [0.25, 0.3) is 0 Å². The summed E-state index contributed by atoms with van der Waals surface area (Å²) in [4.78, 5) is 14.4. The molecule has 0 unspecified atom stereocenters. The molecule has 0 atom stereocenters. The molecule has 9 heteroatoms. The standard InChI is InChI=1S/C19H21Cl2N3O3S/c1-14-5-7-15(8-6-14)28(26,27)24-11-9-23(10-12-24)18(25)13-22-17-4-2-3-16(20)19(17)21/h2-8,22H,9-13H2,1H3. The Morgan fingerprint density at radius 2 is 1.68 bits per heavy atom. The lowest BCUT2D eigenvalue weighted by atomic mass is 10.2. The summed E-state index contributed by atoms with van der Waals surface area (Å²) in [5.74, 6) is -0.122. The average molecular weight is 442 g/mol. The molecule has 1 amide bonds. The van der Waals surface area contributed by atoms with E-state index < -0.39 is 10.0 Å². The highest BCUT2D eigenvalue weighted by molar-refractivity contribution is 7.89. The van der Waals surface area contributed by atoms with Crippen molar-refractivity contribution in [3.63, 3.8) is 0 Å². The molecule has 0 aromatic heterocycles. The van der Waals surface area contributed by atoms with Gasteiger partial charge in [-0.25, -0.2) is 8.42 Å². The molecule has 2 aromatic carbocycles. The molecule has 0 bridgehead atoms. The summed E-state index contributed by atoms with van der Waals surface area (Å²) in [6.07, 6.45) is 0. The SMILES string of the molecule is Cc1ccc(S(=O)(=O)N2CCN(C(=O)CNc3cccc(Cl)c3Cl)CC2)cc1. The van der Waals surface area contributed by atoms with Gasteiger partial charge in [-0.15, -0.1) is 0 Å². The molecule has 2 aromatic rings. The summed E-state index contributed by atoms with van der Waals surface area (Å²) in [5.41, 5.74) is 1.59. The van der Waals surface area contributed by atoms with Gasteiger partial charge in [0.2, 0.25) is 15.9 Å². The molecule has 1 fully saturated rings. The molecule has 1 saturated heterocycles. The van der Waals surface area contributed by atoms with Crippen molar-refractivity contribution in [1.29, 1.82) is 0 Å². The van der Waals surface area contributed by atoms with Crippen molar-refractivity contribution < 1.29 is 13.2 Å². The molecule has 3 rings (SSSR count). The van der Waals surface area contributed by atoms with Gasteiger partial charge < -0.3 is 10.2 Å². The van der Waals surface area contributed by atoms with E-state index >= 15 is 0 Å². The number of anilines is 1. The predicted octanol–water partition coefficient (Wildman–Crippen LogP) is 3.25. The topological polar surface area (TPSA) is 69.7 Å². The van der Waals surface area contributed by atoms with Gasteiger partial charge in [0.05, 0.1) is 27.2 Å². The van der Waals surface area contributed by atoms with Crippen molar-refractivity contribution in [1.82, 2.24) is 9.21 Å². The Morgan fingerprint density at radius 3 is 2.32 bits per heavy atom. The van der Waals surface area contributed by atoms with Crippen LogP contribution in [-0.2, 0) is 14.8 Å². The second-order valence-corrected chi connectivity index (χ2v) is 9.28. The number of rotatable bonds is 5. The normalized spacial score (nSPS) is 15.5. The van der Waals surface area contributed by atoms with Crippen LogP contribution in [0.4, 0.5) is 5.69 Å². The Balaban J connectivity index is 1.56. The van der Waals surface area contributed by atoms with E-state index in [2.05, 4.69) is 5.32 Å². The molecule has 150 valence electrons.